The first kappa shape index (κ1) is 8.91. The van der Waals surface area contributed by atoms with Gasteiger partial charge in [0.15, 0.2) is 0 Å². The fraction of sp³-hybridized carbons (Fsp3) is 0.400. The molecule has 0 aromatic rings. The normalized spacial score (nSPS) is 17.5. The van der Waals surface area contributed by atoms with E-state index in [1.807, 2.05) is 13.1 Å². The average molecular weight is 162 g/mol. The van der Waals surface area contributed by atoms with Crippen LogP contribution in [0.25, 0.3) is 0 Å². The zero-order valence-corrected chi connectivity index (χ0v) is 7.67. The van der Waals surface area contributed by atoms with Crippen molar-refractivity contribution < 1.29 is 0 Å². The summed E-state index contributed by atoms with van der Waals surface area (Å²) in [7, 11) is 0. The van der Waals surface area contributed by atoms with Gasteiger partial charge in [-0.25, -0.2) is 0 Å². The first-order chi connectivity index (χ1) is 5.70. The second kappa shape index (κ2) is 4.00. The molecular formula is C10H14N2. The molecule has 0 aliphatic carbocycles. The third kappa shape index (κ3) is 2.46. The molecule has 0 bridgehead atoms. The van der Waals surface area contributed by atoms with Gasteiger partial charge in [-0.1, -0.05) is 6.58 Å². The van der Waals surface area contributed by atoms with Crippen molar-refractivity contribution in [1.29, 1.82) is 0 Å². The standard InChI is InChI=1S/C10H14N2/c1-8(2)12-7-10-9(3)5-4-6-11-10/h6-7H,1,4-5H2,2-3H3/b12-7-. The molecule has 0 fully saturated rings. The zero-order chi connectivity index (χ0) is 8.97. The van der Waals surface area contributed by atoms with Crippen molar-refractivity contribution in [1.82, 2.24) is 0 Å². The molecule has 1 aliphatic heterocycles. The van der Waals surface area contributed by atoms with Crippen molar-refractivity contribution >= 4 is 12.4 Å². The molecule has 64 valence electrons. The van der Waals surface area contributed by atoms with E-state index in [2.05, 4.69) is 23.5 Å². The second-order valence-electron chi connectivity index (χ2n) is 3.01. The molecule has 0 atom stereocenters. The summed E-state index contributed by atoms with van der Waals surface area (Å²) in [6.07, 6.45) is 5.87. The van der Waals surface area contributed by atoms with Crippen LogP contribution in [0.3, 0.4) is 0 Å². The van der Waals surface area contributed by atoms with Gasteiger partial charge in [0.05, 0.1) is 11.9 Å². The SMILES string of the molecule is C=C(C)/N=C\C1=C(C)CCC=N1. The van der Waals surface area contributed by atoms with Crippen LogP contribution in [0.2, 0.25) is 0 Å². The number of hydrogen-bond donors (Lipinski definition) is 0. The lowest BCUT2D eigenvalue weighted by molar-refractivity contribution is 0.980. The molecule has 0 radical (unpaired) electrons. The summed E-state index contributed by atoms with van der Waals surface area (Å²) >= 11 is 0. The van der Waals surface area contributed by atoms with Crippen LogP contribution in [0.15, 0.2) is 33.5 Å². The molecule has 12 heavy (non-hydrogen) atoms. The first-order valence-electron chi connectivity index (χ1n) is 4.12. The highest BCUT2D eigenvalue weighted by Gasteiger charge is 2.01. The van der Waals surface area contributed by atoms with E-state index in [0.29, 0.717) is 0 Å². The first-order valence-corrected chi connectivity index (χ1v) is 4.12. The summed E-state index contributed by atoms with van der Waals surface area (Å²) in [4.78, 5) is 8.35. The van der Waals surface area contributed by atoms with Crippen LogP contribution in [0.1, 0.15) is 26.7 Å². The van der Waals surface area contributed by atoms with Crippen molar-refractivity contribution in [3.63, 3.8) is 0 Å². The Morgan fingerprint density at radius 3 is 3.08 bits per heavy atom. The molecule has 0 aromatic carbocycles. The number of aliphatic imine (C=N–C) groups is 2. The van der Waals surface area contributed by atoms with Crippen LogP contribution < -0.4 is 0 Å². The van der Waals surface area contributed by atoms with Crippen molar-refractivity contribution in [2.75, 3.05) is 0 Å². The fourth-order valence-corrected chi connectivity index (χ4v) is 0.997. The molecule has 2 heteroatoms. The molecule has 1 heterocycles. The van der Waals surface area contributed by atoms with Crippen LogP contribution in [0, 0.1) is 0 Å². The van der Waals surface area contributed by atoms with Crippen molar-refractivity contribution in [2.24, 2.45) is 9.98 Å². The Hall–Kier alpha value is -1.18. The predicted molar refractivity (Wildman–Crippen MR) is 53.7 cm³/mol. The summed E-state index contributed by atoms with van der Waals surface area (Å²) in [6, 6.07) is 0. The van der Waals surface area contributed by atoms with Gasteiger partial charge in [0.2, 0.25) is 0 Å². The lowest BCUT2D eigenvalue weighted by atomic mass is 10.1. The lowest BCUT2D eigenvalue weighted by Gasteiger charge is -2.06. The summed E-state index contributed by atoms with van der Waals surface area (Å²) in [5.41, 5.74) is 3.11. The van der Waals surface area contributed by atoms with Crippen molar-refractivity contribution in [3.05, 3.63) is 23.5 Å². The molecule has 0 saturated carbocycles. The number of rotatable bonds is 2. The van der Waals surface area contributed by atoms with Gasteiger partial charge < -0.3 is 0 Å². The topological polar surface area (TPSA) is 24.7 Å². The van der Waals surface area contributed by atoms with E-state index in [1.54, 1.807) is 6.21 Å². The van der Waals surface area contributed by atoms with Gasteiger partial charge in [0.25, 0.3) is 0 Å². The Labute approximate surface area is 73.4 Å². The van der Waals surface area contributed by atoms with Crippen LogP contribution in [0.5, 0.6) is 0 Å². The molecule has 0 saturated heterocycles. The lowest BCUT2D eigenvalue weighted by Crippen LogP contribution is -1.95. The molecule has 0 amide bonds. The van der Waals surface area contributed by atoms with E-state index in [4.69, 9.17) is 0 Å². The van der Waals surface area contributed by atoms with Crippen molar-refractivity contribution in [2.45, 2.75) is 26.7 Å². The van der Waals surface area contributed by atoms with Gasteiger partial charge >= 0.3 is 0 Å². The van der Waals surface area contributed by atoms with Gasteiger partial charge in [-0.3, -0.25) is 9.98 Å². The molecule has 0 N–H and O–H groups in total. The summed E-state index contributed by atoms with van der Waals surface area (Å²) in [5, 5.41) is 0. The largest absolute Gasteiger partial charge is 0.260 e. The van der Waals surface area contributed by atoms with E-state index in [0.717, 1.165) is 24.2 Å². The third-order valence-electron chi connectivity index (χ3n) is 1.72. The summed E-state index contributed by atoms with van der Waals surface area (Å²) < 4.78 is 0. The summed E-state index contributed by atoms with van der Waals surface area (Å²) in [5.74, 6) is 0. The highest BCUT2D eigenvalue weighted by Crippen LogP contribution is 2.14. The molecule has 2 nitrogen and oxygen atoms in total. The number of allylic oxidation sites excluding steroid dienone is 3. The molecule has 1 rings (SSSR count). The third-order valence-corrected chi connectivity index (χ3v) is 1.72. The Morgan fingerprint density at radius 2 is 2.50 bits per heavy atom. The van der Waals surface area contributed by atoms with Gasteiger partial charge in [0.1, 0.15) is 0 Å². The van der Waals surface area contributed by atoms with Crippen LogP contribution in [0.4, 0.5) is 0 Å². The summed E-state index contributed by atoms with van der Waals surface area (Å²) in [6.45, 7) is 7.66. The number of hydrogen-bond acceptors (Lipinski definition) is 2. The van der Waals surface area contributed by atoms with Crippen molar-refractivity contribution in [3.8, 4) is 0 Å². The molecule has 0 aromatic heterocycles. The van der Waals surface area contributed by atoms with E-state index in [9.17, 15) is 0 Å². The highest BCUT2D eigenvalue weighted by atomic mass is 14.8. The minimum Gasteiger partial charge on any atom is -0.260 e. The average Bonchev–Trinajstić information content (AvgIpc) is 2.03. The Kier molecular flexibility index (Phi) is 2.97. The van der Waals surface area contributed by atoms with Crippen LogP contribution >= 0.6 is 0 Å². The molecule has 0 spiro atoms. The maximum absolute atomic E-state index is 4.25. The fourth-order valence-electron chi connectivity index (χ4n) is 0.997. The van der Waals surface area contributed by atoms with E-state index >= 15 is 0 Å². The molecular weight excluding hydrogens is 148 g/mol. The zero-order valence-electron chi connectivity index (χ0n) is 7.67. The van der Waals surface area contributed by atoms with E-state index in [1.165, 1.54) is 5.57 Å². The number of nitrogens with zero attached hydrogens (tertiary/aromatic N) is 2. The van der Waals surface area contributed by atoms with Gasteiger partial charge in [0, 0.05) is 11.9 Å². The van der Waals surface area contributed by atoms with Crippen LogP contribution in [-0.2, 0) is 0 Å². The minimum atomic E-state index is 0.816. The minimum absolute atomic E-state index is 0.816. The van der Waals surface area contributed by atoms with Gasteiger partial charge in [-0.05, 0) is 32.3 Å². The Morgan fingerprint density at radius 1 is 1.75 bits per heavy atom. The van der Waals surface area contributed by atoms with Gasteiger partial charge in [-0.2, -0.15) is 0 Å². The quantitative estimate of drug-likeness (QED) is 0.558. The highest BCUT2D eigenvalue weighted by molar-refractivity contribution is 5.83. The van der Waals surface area contributed by atoms with Gasteiger partial charge in [-0.15, -0.1) is 0 Å². The maximum Gasteiger partial charge on any atom is 0.0797 e. The smallest absolute Gasteiger partial charge is 0.0797 e. The van der Waals surface area contributed by atoms with Crippen LogP contribution in [-0.4, -0.2) is 12.4 Å². The Balaban J connectivity index is 2.74. The molecule has 1 aliphatic rings. The monoisotopic (exact) mass is 162 g/mol. The molecule has 0 unspecified atom stereocenters. The second-order valence-corrected chi connectivity index (χ2v) is 3.01. The Bertz CT molecular complexity index is 270. The predicted octanol–water partition coefficient (Wildman–Crippen LogP) is 2.73. The van der Waals surface area contributed by atoms with E-state index in [-0.39, 0.29) is 0 Å². The van der Waals surface area contributed by atoms with E-state index < -0.39 is 0 Å². The maximum atomic E-state index is 4.25.